The molecule has 0 spiro atoms. The zero-order chi connectivity index (χ0) is 11.5. The Morgan fingerprint density at radius 1 is 1.40 bits per heavy atom. The summed E-state index contributed by atoms with van der Waals surface area (Å²) in [6.45, 7) is 3.65. The zero-order valence-electron chi connectivity index (χ0n) is 8.52. The van der Waals surface area contributed by atoms with E-state index in [2.05, 4.69) is 6.07 Å². The molecule has 0 atom stereocenters. The third-order valence-corrected chi connectivity index (χ3v) is 3.23. The summed E-state index contributed by atoms with van der Waals surface area (Å²) >= 11 is 6.56. The molecule has 0 fully saturated rings. The van der Waals surface area contributed by atoms with Gasteiger partial charge in [-0.25, -0.2) is 0 Å². The number of rotatable bonds is 2. The molecule has 0 amide bonds. The van der Waals surface area contributed by atoms with Crippen LogP contribution in [0.4, 0.5) is 0 Å². The third-order valence-electron chi connectivity index (χ3n) is 1.72. The van der Waals surface area contributed by atoms with E-state index in [1.54, 1.807) is 24.3 Å². The van der Waals surface area contributed by atoms with Gasteiger partial charge in [0.15, 0.2) is 0 Å². The number of nitriles is 1. The van der Waals surface area contributed by atoms with Gasteiger partial charge >= 0.3 is 0 Å². The number of phenolic OH excluding ortho intramolecular Hbond substituents is 1. The van der Waals surface area contributed by atoms with Crippen LogP contribution < -0.4 is 0 Å². The first-order valence-corrected chi connectivity index (χ1v) is 5.61. The molecule has 0 aromatic heterocycles. The van der Waals surface area contributed by atoms with Gasteiger partial charge in [0.2, 0.25) is 0 Å². The van der Waals surface area contributed by atoms with Crippen LogP contribution in [0.3, 0.4) is 0 Å². The molecule has 0 aliphatic rings. The topological polar surface area (TPSA) is 44.0 Å². The van der Waals surface area contributed by atoms with Gasteiger partial charge in [-0.1, -0.05) is 24.0 Å². The van der Waals surface area contributed by atoms with Crippen molar-refractivity contribution in [2.75, 3.05) is 0 Å². The summed E-state index contributed by atoms with van der Waals surface area (Å²) < 4.78 is 0.149. The van der Waals surface area contributed by atoms with Crippen LogP contribution in [0.25, 0.3) is 0 Å². The molecule has 0 radical (unpaired) electrons. The van der Waals surface area contributed by atoms with Gasteiger partial charge in [0.1, 0.15) is 10.5 Å². The first kappa shape index (κ1) is 12.0. The number of thioether (sulfide) groups is 1. The first-order valence-electron chi connectivity index (χ1n) is 4.38. The van der Waals surface area contributed by atoms with Crippen molar-refractivity contribution in [3.63, 3.8) is 0 Å². The Morgan fingerprint density at radius 3 is 2.40 bits per heavy atom. The van der Waals surface area contributed by atoms with Crippen LogP contribution in [0.2, 0.25) is 0 Å². The van der Waals surface area contributed by atoms with Crippen molar-refractivity contribution in [2.24, 2.45) is 0 Å². The number of nitrogens with zero attached hydrogens (tertiary/aromatic N) is 1. The van der Waals surface area contributed by atoms with Crippen LogP contribution >= 0.6 is 24.0 Å². The maximum absolute atomic E-state index is 9.11. The number of hydrogen-bond donors (Lipinski definition) is 1. The highest BCUT2D eigenvalue weighted by molar-refractivity contribution is 8.24. The molecule has 78 valence electrons. The molecule has 1 rings (SSSR count). The number of benzene rings is 1. The van der Waals surface area contributed by atoms with Crippen LogP contribution in [-0.4, -0.2) is 14.1 Å². The third kappa shape index (κ3) is 3.54. The van der Waals surface area contributed by atoms with Crippen molar-refractivity contribution in [2.45, 2.75) is 18.6 Å². The summed E-state index contributed by atoms with van der Waals surface area (Å²) in [6, 6.07) is 8.85. The SMILES string of the molecule is CC(C)(C#N)SC(=S)c1ccc(O)cc1. The van der Waals surface area contributed by atoms with Crippen molar-refractivity contribution in [3.05, 3.63) is 29.8 Å². The van der Waals surface area contributed by atoms with Gasteiger partial charge in [0.05, 0.1) is 10.3 Å². The number of aromatic hydroxyl groups is 1. The van der Waals surface area contributed by atoms with Crippen molar-refractivity contribution in [1.82, 2.24) is 0 Å². The molecule has 0 heterocycles. The van der Waals surface area contributed by atoms with Crippen molar-refractivity contribution < 1.29 is 5.11 Å². The van der Waals surface area contributed by atoms with E-state index in [1.165, 1.54) is 11.8 Å². The fraction of sp³-hybridized carbons (Fsp3) is 0.273. The Labute approximate surface area is 98.9 Å². The molecule has 2 nitrogen and oxygen atoms in total. The molecule has 4 heteroatoms. The molecule has 0 bridgehead atoms. The Morgan fingerprint density at radius 2 is 1.93 bits per heavy atom. The van der Waals surface area contributed by atoms with Gasteiger partial charge in [0, 0.05) is 0 Å². The smallest absolute Gasteiger partial charge is 0.115 e. The second-order valence-electron chi connectivity index (χ2n) is 3.56. The highest BCUT2D eigenvalue weighted by Crippen LogP contribution is 2.28. The average Bonchev–Trinajstić information content (AvgIpc) is 2.18. The monoisotopic (exact) mass is 237 g/mol. The van der Waals surface area contributed by atoms with Crippen LogP contribution in [0.15, 0.2) is 24.3 Å². The minimum Gasteiger partial charge on any atom is -0.508 e. The maximum atomic E-state index is 9.11. The van der Waals surface area contributed by atoms with E-state index in [1.807, 2.05) is 13.8 Å². The maximum Gasteiger partial charge on any atom is 0.115 e. The Hall–Kier alpha value is -1.05. The lowest BCUT2D eigenvalue weighted by atomic mass is 10.2. The molecule has 15 heavy (non-hydrogen) atoms. The molecule has 0 aliphatic heterocycles. The molecule has 0 saturated heterocycles. The summed E-state index contributed by atoms with van der Waals surface area (Å²) in [5.74, 6) is 0.214. The van der Waals surface area contributed by atoms with Crippen LogP contribution in [0.5, 0.6) is 5.75 Å². The summed E-state index contributed by atoms with van der Waals surface area (Å²) in [7, 11) is 0. The van der Waals surface area contributed by atoms with Gasteiger partial charge in [0.25, 0.3) is 0 Å². The summed E-state index contributed by atoms with van der Waals surface area (Å²) in [6.07, 6.45) is 0. The van der Waals surface area contributed by atoms with Crippen molar-refractivity contribution in [3.8, 4) is 11.8 Å². The van der Waals surface area contributed by atoms with Gasteiger partial charge in [-0.05, 0) is 43.7 Å². The Bertz CT molecular complexity index is 404. The lowest BCUT2D eigenvalue weighted by Crippen LogP contribution is -2.13. The molecular formula is C11H11NOS2. The molecule has 1 aromatic carbocycles. The van der Waals surface area contributed by atoms with E-state index in [-0.39, 0.29) is 5.75 Å². The van der Waals surface area contributed by atoms with Gasteiger partial charge in [-0.2, -0.15) is 5.26 Å². The Balaban J connectivity index is 2.79. The van der Waals surface area contributed by atoms with E-state index in [9.17, 15) is 0 Å². The second kappa shape index (κ2) is 4.65. The minimum absolute atomic E-state index is 0.214. The average molecular weight is 237 g/mol. The Kier molecular flexibility index (Phi) is 3.72. The molecule has 0 unspecified atom stereocenters. The molecule has 0 aliphatic carbocycles. The van der Waals surface area contributed by atoms with E-state index in [0.29, 0.717) is 4.20 Å². The largest absolute Gasteiger partial charge is 0.508 e. The normalized spacial score (nSPS) is 10.7. The molecule has 0 saturated carbocycles. The first-order chi connectivity index (χ1) is 6.94. The van der Waals surface area contributed by atoms with E-state index in [0.717, 1.165) is 5.56 Å². The summed E-state index contributed by atoms with van der Waals surface area (Å²) in [5, 5.41) is 18.0. The van der Waals surface area contributed by atoms with Crippen LogP contribution in [-0.2, 0) is 0 Å². The van der Waals surface area contributed by atoms with Gasteiger partial charge < -0.3 is 5.11 Å². The summed E-state index contributed by atoms with van der Waals surface area (Å²) in [5.41, 5.74) is 0.858. The lowest BCUT2D eigenvalue weighted by Gasteiger charge is -2.14. The highest BCUT2D eigenvalue weighted by Gasteiger charge is 2.20. The zero-order valence-corrected chi connectivity index (χ0v) is 10.2. The quantitative estimate of drug-likeness (QED) is 0.803. The lowest BCUT2D eigenvalue weighted by molar-refractivity contribution is 0.475. The van der Waals surface area contributed by atoms with Crippen molar-refractivity contribution in [1.29, 1.82) is 5.26 Å². The van der Waals surface area contributed by atoms with Crippen LogP contribution in [0, 0.1) is 11.3 Å². The van der Waals surface area contributed by atoms with E-state index >= 15 is 0 Å². The van der Waals surface area contributed by atoms with Gasteiger partial charge in [-0.3, -0.25) is 0 Å². The number of thiocarbonyl (C=S) groups is 1. The van der Waals surface area contributed by atoms with Gasteiger partial charge in [-0.15, -0.1) is 0 Å². The highest BCUT2D eigenvalue weighted by atomic mass is 32.2. The number of phenols is 1. The van der Waals surface area contributed by atoms with Crippen molar-refractivity contribution >= 4 is 28.2 Å². The van der Waals surface area contributed by atoms with E-state index < -0.39 is 4.75 Å². The van der Waals surface area contributed by atoms with Crippen LogP contribution in [0.1, 0.15) is 19.4 Å². The molecule has 1 aromatic rings. The summed E-state index contributed by atoms with van der Waals surface area (Å²) in [4.78, 5) is 0. The van der Waals surface area contributed by atoms with E-state index in [4.69, 9.17) is 22.6 Å². The molecular weight excluding hydrogens is 226 g/mol. The fourth-order valence-corrected chi connectivity index (χ4v) is 2.44. The standard InChI is InChI=1S/C11H11NOS2/c1-11(2,7-12)15-10(14)8-3-5-9(13)6-4-8/h3-6,13H,1-2H3. The predicted octanol–water partition coefficient (Wildman–Crippen LogP) is 3.10. The second-order valence-corrected chi connectivity index (χ2v) is 5.86. The fourth-order valence-electron chi connectivity index (χ4n) is 0.911. The number of hydrogen-bond acceptors (Lipinski definition) is 4. The minimum atomic E-state index is -0.519. The predicted molar refractivity (Wildman–Crippen MR) is 67.1 cm³/mol. The molecule has 1 N–H and O–H groups in total.